The van der Waals surface area contributed by atoms with Gasteiger partial charge in [-0.05, 0) is 47.9 Å². The average Bonchev–Trinajstić information content (AvgIpc) is 2.66. The van der Waals surface area contributed by atoms with Crippen molar-refractivity contribution in [3.05, 3.63) is 64.2 Å². The molecule has 1 aliphatic heterocycles. The van der Waals surface area contributed by atoms with E-state index in [1.807, 2.05) is 24.3 Å². The number of nitrogens with one attached hydrogen (secondary N) is 1. The van der Waals surface area contributed by atoms with E-state index in [4.69, 9.17) is 16.3 Å². The van der Waals surface area contributed by atoms with Gasteiger partial charge in [-0.2, -0.15) is 0 Å². The summed E-state index contributed by atoms with van der Waals surface area (Å²) in [5.41, 5.74) is 2.53. The number of hydrogen-bond donors (Lipinski definition) is 1. The van der Waals surface area contributed by atoms with Crippen molar-refractivity contribution in [1.82, 2.24) is 10.2 Å². The van der Waals surface area contributed by atoms with Gasteiger partial charge >= 0.3 is 0 Å². The van der Waals surface area contributed by atoms with Crippen LogP contribution in [0.25, 0.3) is 0 Å². The summed E-state index contributed by atoms with van der Waals surface area (Å²) in [5, 5.41) is 3.23. The second-order valence-electron chi connectivity index (χ2n) is 6.43. The van der Waals surface area contributed by atoms with Crippen LogP contribution >= 0.6 is 11.6 Å². The SMILES string of the molecule is CNC(=O)c1ccc(CN(C)C(=O)[C@H]2COc3ccc(Cl)cc3C2)cc1. The summed E-state index contributed by atoms with van der Waals surface area (Å²) in [5.74, 6) is 0.477. The molecule has 0 aliphatic carbocycles. The molecule has 0 unspecified atom stereocenters. The minimum atomic E-state index is -0.226. The number of hydrogen-bond acceptors (Lipinski definition) is 3. The van der Waals surface area contributed by atoms with E-state index in [0.717, 1.165) is 16.9 Å². The topological polar surface area (TPSA) is 58.6 Å². The second kappa shape index (κ2) is 7.79. The van der Waals surface area contributed by atoms with Gasteiger partial charge < -0.3 is 15.0 Å². The van der Waals surface area contributed by atoms with Gasteiger partial charge in [-0.15, -0.1) is 0 Å². The Morgan fingerprint density at radius 1 is 1.23 bits per heavy atom. The highest BCUT2D eigenvalue weighted by molar-refractivity contribution is 6.30. The van der Waals surface area contributed by atoms with Crippen LogP contribution in [0.15, 0.2) is 42.5 Å². The van der Waals surface area contributed by atoms with Crippen LogP contribution in [0.3, 0.4) is 0 Å². The van der Waals surface area contributed by atoms with E-state index in [0.29, 0.717) is 30.2 Å². The molecule has 0 aromatic heterocycles. The van der Waals surface area contributed by atoms with Gasteiger partial charge in [-0.3, -0.25) is 9.59 Å². The maximum atomic E-state index is 12.8. The van der Waals surface area contributed by atoms with Gasteiger partial charge in [0.25, 0.3) is 5.91 Å². The molecule has 1 heterocycles. The first-order valence-corrected chi connectivity index (χ1v) is 8.83. The number of rotatable bonds is 4. The van der Waals surface area contributed by atoms with Crippen molar-refractivity contribution < 1.29 is 14.3 Å². The molecule has 136 valence electrons. The fraction of sp³-hybridized carbons (Fsp3) is 0.300. The largest absolute Gasteiger partial charge is 0.492 e. The number of carbonyl (C=O) groups excluding carboxylic acids is 2. The molecule has 1 N–H and O–H groups in total. The number of carbonyl (C=O) groups is 2. The normalized spacial score (nSPS) is 15.6. The maximum absolute atomic E-state index is 12.8. The molecule has 0 saturated carbocycles. The van der Waals surface area contributed by atoms with E-state index in [1.165, 1.54) is 0 Å². The molecule has 1 atom stereocenters. The van der Waals surface area contributed by atoms with Gasteiger partial charge in [0, 0.05) is 31.2 Å². The monoisotopic (exact) mass is 372 g/mol. The van der Waals surface area contributed by atoms with Gasteiger partial charge in [0.05, 0.1) is 5.92 Å². The molecule has 0 spiro atoms. The van der Waals surface area contributed by atoms with Gasteiger partial charge in [0.2, 0.25) is 5.91 Å². The Labute approximate surface area is 157 Å². The molecule has 0 radical (unpaired) electrons. The van der Waals surface area contributed by atoms with Crippen molar-refractivity contribution in [2.24, 2.45) is 5.92 Å². The van der Waals surface area contributed by atoms with Gasteiger partial charge in [0.15, 0.2) is 0 Å². The molecule has 2 aromatic rings. The van der Waals surface area contributed by atoms with Gasteiger partial charge in [-0.1, -0.05) is 23.7 Å². The van der Waals surface area contributed by atoms with E-state index >= 15 is 0 Å². The number of fused-ring (bicyclic) bond motifs is 1. The number of halogens is 1. The highest BCUT2D eigenvalue weighted by atomic mass is 35.5. The first-order valence-electron chi connectivity index (χ1n) is 8.45. The first-order chi connectivity index (χ1) is 12.5. The minimum Gasteiger partial charge on any atom is -0.492 e. The quantitative estimate of drug-likeness (QED) is 0.897. The first kappa shape index (κ1) is 18.3. The van der Waals surface area contributed by atoms with Crippen molar-refractivity contribution in [1.29, 1.82) is 0 Å². The van der Waals surface area contributed by atoms with Gasteiger partial charge in [0.1, 0.15) is 12.4 Å². The third-order valence-electron chi connectivity index (χ3n) is 4.52. The lowest BCUT2D eigenvalue weighted by Gasteiger charge is -2.28. The molecular weight excluding hydrogens is 352 g/mol. The molecular formula is C20H21ClN2O3. The highest BCUT2D eigenvalue weighted by Gasteiger charge is 2.28. The smallest absolute Gasteiger partial charge is 0.251 e. The summed E-state index contributed by atoms with van der Waals surface area (Å²) in [4.78, 5) is 26.0. The van der Waals surface area contributed by atoms with Crippen LogP contribution in [-0.2, 0) is 17.8 Å². The lowest BCUT2D eigenvalue weighted by molar-refractivity contribution is -0.136. The molecule has 2 amide bonds. The Hall–Kier alpha value is -2.53. The maximum Gasteiger partial charge on any atom is 0.251 e. The standard InChI is InChI=1S/C20H21ClN2O3/c1-22-19(24)14-5-3-13(4-6-14)11-23(2)20(25)16-9-15-10-17(21)7-8-18(15)26-12-16/h3-8,10,16H,9,11-12H2,1-2H3,(H,22,24)/t16-/m1/s1. The summed E-state index contributed by atoms with van der Waals surface area (Å²) in [7, 11) is 3.38. The number of ether oxygens (including phenoxy) is 1. The van der Waals surface area contributed by atoms with Gasteiger partial charge in [-0.25, -0.2) is 0 Å². The zero-order chi connectivity index (χ0) is 18.7. The number of nitrogens with zero attached hydrogens (tertiary/aromatic N) is 1. The fourth-order valence-corrected chi connectivity index (χ4v) is 3.29. The fourth-order valence-electron chi connectivity index (χ4n) is 3.09. The van der Waals surface area contributed by atoms with Crippen LogP contribution in [0, 0.1) is 5.92 Å². The Morgan fingerprint density at radius 3 is 2.65 bits per heavy atom. The van der Waals surface area contributed by atoms with Crippen molar-refractivity contribution in [2.45, 2.75) is 13.0 Å². The zero-order valence-electron chi connectivity index (χ0n) is 14.8. The second-order valence-corrected chi connectivity index (χ2v) is 6.87. The zero-order valence-corrected chi connectivity index (χ0v) is 15.5. The van der Waals surface area contributed by atoms with Crippen LogP contribution in [0.5, 0.6) is 5.75 Å². The lowest BCUT2D eigenvalue weighted by atomic mass is 9.95. The van der Waals surface area contributed by atoms with Crippen LogP contribution in [0.1, 0.15) is 21.5 Å². The average molecular weight is 373 g/mol. The summed E-state index contributed by atoms with van der Waals surface area (Å²) < 4.78 is 5.72. The molecule has 5 nitrogen and oxygen atoms in total. The van der Waals surface area contributed by atoms with E-state index in [-0.39, 0.29) is 17.7 Å². The van der Waals surface area contributed by atoms with E-state index < -0.39 is 0 Å². The molecule has 26 heavy (non-hydrogen) atoms. The Balaban J connectivity index is 1.64. The predicted octanol–water partition coefficient (Wildman–Crippen LogP) is 2.91. The van der Waals surface area contributed by atoms with E-state index in [9.17, 15) is 9.59 Å². The number of benzene rings is 2. The predicted molar refractivity (Wildman–Crippen MR) is 100 cm³/mol. The lowest BCUT2D eigenvalue weighted by Crippen LogP contribution is -2.38. The van der Waals surface area contributed by atoms with Crippen LogP contribution in [0.2, 0.25) is 5.02 Å². The van der Waals surface area contributed by atoms with Crippen molar-refractivity contribution in [3.63, 3.8) is 0 Å². The highest BCUT2D eigenvalue weighted by Crippen LogP contribution is 2.30. The van der Waals surface area contributed by atoms with Crippen LogP contribution in [-0.4, -0.2) is 37.4 Å². The molecule has 0 bridgehead atoms. The van der Waals surface area contributed by atoms with Crippen molar-refractivity contribution in [3.8, 4) is 5.75 Å². The molecule has 2 aromatic carbocycles. The molecule has 0 fully saturated rings. The molecule has 0 saturated heterocycles. The third kappa shape index (κ3) is 3.99. The van der Waals surface area contributed by atoms with Crippen LogP contribution < -0.4 is 10.1 Å². The molecule has 6 heteroatoms. The Bertz CT molecular complexity index is 820. The van der Waals surface area contributed by atoms with Crippen molar-refractivity contribution >= 4 is 23.4 Å². The van der Waals surface area contributed by atoms with Crippen molar-refractivity contribution in [2.75, 3.05) is 20.7 Å². The summed E-state index contributed by atoms with van der Waals surface area (Å²) >= 11 is 6.04. The summed E-state index contributed by atoms with van der Waals surface area (Å²) in [6.45, 7) is 0.846. The van der Waals surface area contributed by atoms with Crippen LogP contribution in [0.4, 0.5) is 0 Å². The number of amides is 2. The van der Waals surface area contributed by atoms with E-state index in [1.54, 1.807) is 37.2 Å². The Kier molecular flexibility index (Phi) is 5.47. The summed E-state index contributed by atoms with van der Waals surface area (Å²) in [6, 6.07) is 12.7. The Morgan fingerprint density at radius 2 is 1.96 bits per heavy atom. The van der Waals surface area contributed by atoms with E-state index in [2.05, 4.69) is 5.32 Å². The third-order valence-corrected chi connectivity index (χ3v) is 4.75. The molecule has 3 rings (SSSR count). The summed E-state index contributed by atoms with van der Waals surface area (Å²) in [6.07, 6.45) is 0.620. The minimum absolute atomic E-state index is 0.0333. The molecule has 1 aliphatic rings.